The number of nitrogens with zero attached hydrogens (tertiary/aromatic N) is 3. The van der Waals surface area contributed by atoms with Crippen LogP contribution < -0.4 is 14.8 Å². The second kappa shape index (κ2) is 7.84. The van der Waals surface area contributed by atoms with E-state index in [1.807, 2.05) is 13.8 Å². The minimum absolute atomic E-state index is 0.0603. The molecule has 0 saturated heterocycles. The second-order valence-corrected chi connectivity index (χ2v) is 4.30. The fraction of sp³-hybridized carbons (Fsp3) is 0.750. The van der Waals surface area contributed by atoms with Gasteiger partial charge in [-0.25, -0.2) is 0 Å². The molecule has 0 bridgehead atoms. The fourth-order valence-corrected chi connectivity index (χ4v) is 1.19. The summed E-state index contributed by atoms with van der Waals surface area (Å²) >= 11 is 0. The van der Waals surface area contributed by atoms with Crippen LogP contribution in [0.4, 0.5) is 19.1 Å². The highest BCUT2D eigenvalue weighted by molar-refractivity contribution is 5.27. The third-order valence-corrected chi connectivity index (χ3v) is 2.31. The van der Waals surface area contributed by atoms with Gasteiger partial charge in [0.2, 0.25) is 5.95 Å². The molecule has 1 aromatic rings. The van der Waals surface area contributed by atoms with Crippen LogP contribution in [-0.4, -0.2) is 40.4 Å². The summed E-state index contributed by atoms with van der Waals surface area (Å²) in [6.45, 7) is 5.64. The molecule has 1 N–H and O–H groups in total. The second-order valence-electron chi connectivity index (χ2n) is 4.30. The molecule has 0 fully saturated rings. The summed E-state index contributed by atoms with van der Waals surface area (Å²) in [5.41, 5.74) is 0. The van der Waals surface area contributed by atoms with Crippen molar-refractivity contribution in [3.63, 3.8) is 0 Å². The summed E-state index contributed by atoms with van der Waals surface area (Å²) in [5.74, 6) is 0.127. The topological polar surface area (TPSA) is 69.2 Å². The first-order valence-electron chi connectivity index (χ1n) is 6.73. The molecule has 9 heteroatoms. The average molecular weight is 308 g/mol. The molecule has 120 valence electrons. The zero-order valence-corrected chi connectivity index (χ0v) is 12.2. The SMILES string of the molecule is CCCNc1nc(OCCC)nc(OC(C)C(F)(F)F)n1. The fourth-order valence-electron chi connectivity index (χ4n) is 1.19. The third kappa shape index (κ3) is 6.01. The predicted octanol–water partition coefficient (Wildman–Crippen LogP) is 2.81. The Labute approximate surface area is 121 Å². The van der Waals surface area contributed by atoms with E-state index in [4.69, 9.17) is 9.47 Å². The summed E-state index contributed by atoms with van der Waals surface area (Å²) in [7, 11) is 0. The Morgan fingerprint density at radius 3 is 2.33 bits per heavy atom. The molecule has 1 rings (SSSR count). The van der Waals surface area contributed by atoms with Gasteiger partial charge in [0.1, 0.15) is 0 Å². The highest BCUT2D eigenvalue weighted by atomic mass is 19.4. The van der Waals surface area contributed by atoms with Crippen molar-refractivity contribution in [2.75, 3.05) is 18.5 Å². The number of hydrogen-bond donors (Lipinski definition) is 1. The van der Waals surface area contributed by atoms with Crippen molar-refractivity contribution in [3.05, 3.63) is 0 Å². The number of rotatable bonds is 8. The summed E-state index contributed by atoms with van der Waals surface area (Å²) in [4.78, 5) is 11.5. The first kappa shape index (κ1) is 17.3. The zero-order chi connectivity index (χ0) is 15.9. The van der Waals surface area contributed by atoms with E-state index in [-0.39, 0.29) is 12.0 Å². The number of aromatic nitrogens is 3. The van der Waals surface area contributed by atoms with E-state index in [1.165, 1.54) is 0 Å². The normalized spacial score (nSPS) is 12.9. The molecule has 0 amide bonds. The van der Waals surface area contributed by atoms with Crippen molar-refractivity contribution in [2.45, 2.75) is 45.9 Å². The first-order valence-corrected chi connectivity index (χ1v) is 6.73. The van der Waals surface area contributed by atoms with Gasteiger partial charge in [0.05, 0.1) is 6.61 Å². The van der Waals surface area contributed by atoms with Crippen LogP contribution >= 0.6 is 0 Å². The van der Waals surface area contributed by atoms with Gasteiger partial charge in [0.15, 0.2) is 6.10 Å². The number of ether oxygens (including phenoxy) is 2. The van der Waals surface area contributed by atoms with E-state index >= 15 is 0 Å². The van der Waals surface area contributed by atoms with Gasteiger partial charge in [-0.2, -0.15) is 23.1 Å². The van der Waals surface area contributed by atoms with Crippen molar-refractivity contribution < 1.29 is 22.6 Å². The van der Waals surface area contributed by atoms with Gasteiger partial charge in [-0.3, -0.25) is 0 Å². The molecular weight excluding hydrogens is 289 g/mol. The van der Waals surface area contributed by atoms with Gasteiger partial charge < -0.3 is 14.8 Å². The van der Waals surface area contributed by atoms with Crippen LogP contribution in [0.3, 0.4) is 0 Å². The predicted molar refractivity (Wildman–Crippen MR) is 70.5 cm³/mol. The van der Waals surface area contributed by atoms with Crippen LogP contribution in [-0.2, 0) is 0 Å². The molecule has 1 aromatic heterocycles. The smallest absolute Gasteiger partial charge is 0.425 e. The number of halogens is 3. The van der Waals surface area contributed by atoms with Crippen molar-refractivity contribution in [1.82, 2.24) is 15.0 Å². The summed E-state index contributed by atoms with van der Waals surface area (Å²) in [6.07, 6.45) is -4.98. The third-order valence-electron chi connectivity index (χ3n) is 2.31. The average Bonchev–Trinajstić information content (AvgIpc) is 2.41. The van der Waals surface area contributed by atoms with E-state index in [9.17, 15) is 13.2 Å². The highest BCUT2D eigenvalue weighted by Crippen LogP contribution is 2.24. The van der Waals surface area contributed by atoms with E-state index in [0.717, 1.165) is 19.8 Å². The molecule has 0 aromatic carbocycles. The molecule has 0 aliphatic rings. The lowest BCUT2D eigenvalue weighted by Gasteiger charge is -2.16. The Morgan fingerprint density at radius 2 is 1.76 bits per heavy atom. The Balaban J connectivity index is 2.89. The maximum atomic E-state index is 12.5. The van der Waals surface area contributed by atoms with E-state index < -0.39 is 18.3 Å². The molecule has 0 radical (unpaired) electrons. The van der Waals surface area contributed by atoms with Crippen LogP contribution in [0.15, 0.2) is 0 Å². The Bertz CT molecular complexity index is 417. The van der Waals surface area contributed by atoms with Crippen LogP contribution in [0.25, 0.3) is 0 Å². The molecule has 0 aliphatic heterocycles. The van der Waals surface area contributed by atoms with E-state index in [0.29, 0.717) is 13.2 Å². The molecule has 0 spiro atoms. The molecule has 6 nitrogen and oxygen atoms in total. The summed E-state index contributed by atoms with van der Waals surface area (Å²) in [6, 6.07) is -0.477. The quantitative estimate of drug-likeness (QED) is 0.796. The molecule has 1 heterocycles. The van der Waals surface area contributed by atoms with Gasteiger partial charge in [-0.1, -0.05) is 13.8 Å². The largest absolute Gasteiger partial charge is 0.463 e. The minimum atomic E-state index is -4.49. The highest BCUT2D eigenvalue weighted by Gasteiger charge is 2.38. The molecule has 0 aliphatic carbocycles. The minimum Gasteiger partial charge on any atom is -0.463 e. The van der Waals surface area contributed by atoms with Crippen molar-refractivity contribution >= 4 is 5.95 Å². The standard InChI is InChI=1S/C12H19F3N4O2/c1-4-6-16-9-17-10(20-7-5-2)19-11(18-9)21-8(3)12(13,14)15/h8H,4-7H2,1-3H3,(H,16,17,18,19). The van der Waals surface area contributed by atoms with Crippen LogP contribution in [0.5, 0.6) is 12.0 Å². The van der Waals surface area contributed by atoms with E-state index in [2.05, 4.69) is 20.3 Å². The molecule has 1 unspecified atom stereocenters. The summed E-state index contributed by atoms with van der Waals surface area (Å²) in [5, 5.41) is 2.86. The monoisotopic (exact) mass is 308 g/mol. The molecular formula is C12H19F3N4O2. The lowest BCUT2D eigenvalue weighted by molar-refractivity contribution is -0.190. The first-order chi connectivity index (χ1) is 9.86. The summed E-state index contributed by atoms with van der Waals surface area (Å²) < 4.78 is 47.4. The van der Waals surface area contributed by atoms with Crippen molar-refractivity contribution in [3.8, 4) is 12.0 Å². The Morgan fingerprint density at radius 1 is 1.10 bits per heavy atom. The number of alkyl halides is 3. The Hall–Kier alpha value is -1.80. The van der Waals surface area contributed by atoms with E-state index in [1.54, 1.807) is 0 Å². The maximum Gasteiger partial charge on any atom is 0.425 e. The van der Waals surface area contributed by atoms with Crippen LogP contribution in [0, 0.1) is 0 Å². The zero-order valence-electron chi connectivity index (χ0n) is 12.2. The molecule has 0 saturated carbocycles. The Kier molecular flexibility index (Phi) is 6.44. The van der Waals surface area contributed by atoms with Crippen molar-refractivity contribution in [2.24, 2.45) is 0 Å². The van der Waals surface area contributed by atoms with Crippen molar-refractivity contribution in [1.29, 1.82) is 0 Å². The van der Waals surface area contributed by atoms with Gasteiger partial charge in [-0.05, 0) is 19.8 Å². The number of hydrogen-bond acceptors (Lipinski definition) is 6. The van der Waals surface area contributed by atoms with Crippen LogP contribution in [0.2, 0.25) is 0 Å². The van der Waals surface area contributed by atoms with Gasteiger partial charge in [0, 0.05) is 6.54 Å². The van der Waals surface area contributed by atoms with Gasteiger partial charge in [0.25, 0.3) is 0 Å². The molecule has 1 atom stereocenters. The lowest BCUT2D eigenvalue weighted by Crippen LogP contribution is -2.32. The number of nitrogens with one attached hydrogen (secondary N) is 1. The maximum absolute atomic E-state index is 12.5. The molecule has 21 heavy (non-hydrogen) atoms. The van der Waals surface area contributed by atoms with Crippen LogP contribution in [0.1, 0.15) is 33.6 Å². The lowest BCUT2D eigenvalue weighted by atomic mass is 10.4. The van der Waals surface area contributed by atoms with Gasteiger partial charge in [-0.15, -0.1) is 4.98 Å². The van der Waals surface area contributed by atoms with Gasteiger partial charge >= 0.3 is 18.2 Å². The number of anilines is 1.